The minimum Gasteiger partial charge on any atom is -0.0924 e. The van der Waals surface area contributed by atoms with E-state index in [-0.39, 0.29) is 0 Å². The molecule has 0 radical (unpaired) electrons. The van der Waals surface area contributed by atoms with E-state index < -0.39 is 0 Å². The van der Waals surface area contributed by atoms with Gasteiger partial charge < -0.3 is 0 Å². The number of halogens is 1. The van der Waals surface area contributed by atoms with E-state index in [1.54, 1.807) is 0 Å². The highest BCUT2D eigenvalue weighted by Gasteiger charge is 1.98. The highest BCUT2D eigenvalue weighted by atomic mass is 79.9. The van der Waals surface area contributed by atoms with Gasteiger partial charge in [0.2, 0.25) is 0 Å². The van der Waals surface area contributed by atoms with Crippen LogP contribution in [-0.2, 0) is 12.8 Å². The van der Waals surface area contributed by atoms with Crippen molar-refractivity contribution >= 4 is 15.9 Å². The average Bonchev–Trinajstić information content (AvgIpc) is 2.41. The van der Waals surface area contributed by atoms with E-state index in [1.807, 2.05) is 0 Å². The molecule has 0 aliphatic heterocycles. The Balaban J connectivity index is 2.15. The van der Waals surface area contributed by atoms with E-state index in [4.69, 9.17) is 0 Å². The minimum absolute atomic E-state index is 1.03. The maximum absolute atomic E-state index is 3.47. The molecule has 0 heterocycles. The largest absolute Gasteiger partial charge is 0.0924 e. The first-order valence-electron chi connectivity index (χ1n) is 6.57. The van der Waals surface area contributed by atoms with Gasteiger partial charge in [-0.25, -0.2) is 0 Å². The van der Waals surface area contributed by atoms with Gasteiger partial charge in [-0.05, 0) is 35.1 Å². The van der Waals surface area contributed by atoms with Crippen LogP contribution in [0.1, 0.15) is 24.5 Å². The first-order valence-corrected chi connectivity index (χ1v) is 7.70. The standard InChI is InChI=1S/C17H19Br/c1-2-3-14-4-8-16(9-5-14)17-10-6-15(7-11-17)12-13-18/h4-11H,2-3,12-13H2,1H3. The second-order valence-electron chi connectivity index (χ2n) is 4.58. The van der Waals surface area contributed by atoms with E-state index in [9.17, 15) is 0 Å². The third-order valence-electron chi connectivity index (χ3n) is 3.16. The van der Waals surface area contributed by atoms with Crippen molar-refractivity contribution < 1.29 is 0 Å². The summed E-state index contributed by atoms with van der Waals surface area (Å²) < 4.78 is 0. The Hall–Kier alpha value is -1.08. The maximum atomic E-state index is 3.47. The van der Waals surface area contributed by atoms with Gasteiger partial charge in [-0.15, -0.1) is 0 Å². The van der Waals surface area contributed by atoms with Gasteiger partial charge in [-0.3, -0.25) is 0 Å². The highest BCUT2D eigenvalue weighted by Crippen LogP contribution is 2.21. The molecule has 18 heavy (non-hydrogen) atoms. The molecule has 0 fully saturated rings. The lowest BCUT2D eigenvalue weighted by Crippen LogP contribution is -1.86. The molecule has 0 spiro atoms. The first kappa shape index (κ1) is 13.4. The van der Waals surface area contributed by atoms with E-state index in [0.717, 1.165) is 11.8 Å². The highest BCUT2D eigenvalue weighted by molar-refractivity contribution is 9.09. The van der Waals surface area contributed by atoms with Gasteiger partial charge in [0.25, 0.3) is 0 Å². The van der Waals surface area contributed by atoms with E-state index >= 15 is 0 Å². The summed E-state index contributed by atoms with van der Waals surface area (Å²) in [6, 6.07) is 17.8. The molecule has 0 saturated carbocycles. The van der Waals surface area contributed by atoms with Gasteiger partial charge in [0.05, 0.1) is 0 Å². The average molecular weight is 303 g/mol. The van der Waals surface area contributed by atoms with Gasteiger partial charge in [0.1, 0.15) is 0 Å². The molecule has 0 N–H and O–H groups in total. The number of aryl methyl sites for hydroxylation is 2. The fourth-order valence-corrected chi connectivity index (χ4v) is 2.58. The zero-order valence-corrected chi connectivity index (χ0v) is 12.4. The zero-order chi connectivity index (χ0) is 12.8. The summed E-state index contributed by atoms with van der Waals surface area (Å²) in [6.07, 6.45) is 3.47. The summed E-state index contributed by atoms with van der Waals surface area (Å²) in [4.78, 5) is 0. The molecular weight excluding hydrogens is 284 g/mol. The molecule has 0 unspecified atom stereocenters. The Morgan fingerprint density at radius 1 is 0.722 bits per heavy atom. The van der Waals surface area contributed by atoms with Crippen molar-refractivity contribution in [3.05, 3.63) is 59.7 Å². The fraction of sp³-hybridized carbons (Fsp3) is 0.294. The predicted molar refractivity (Wildman–Crippen MR) is 83.4 cm³/mol. The second-order valence-corrected chi connectivity index (χ2v) is 5.38. The molecule has 2 aromatic carbocycles. The predicted octanol–water partition coefficient (Wildman–Crippen LogP) is 5.24. The molecule has 2 aromatic rings. The van der Waals surface area contributed by atoms with Crippen LogP contribution >= 0.6 is 15.9 Å². The molecule has 1 heteroatoms. The number of hydrogen-bond donors (Lipinski definition) is 0. The third kappa shape index (κ3) is 3.46. The lowest BCUT2D eigenvalue weighted by atomic mass is 10.0. The number of benzene rings is 2. The van der Waals surface area contributed by atoms with Crippen molar-refractivity contribution in [2.24, 2.45) is 0 Å². The van der Waals surface area contributed by atoms with Crippen molar-refractivity contribution in [2.45, 2.75) is 26.2 Å². The number of rotatable bonds is 5. The van der Waals surface area contributed by atoms with Gasteiger partial charge in [0.15, 0.2) is 0 Å². The second kappa shape index (κ2) is 6.75. The van der Waals surface area contributed by atoms with Crippen molar-refractivity contribution in [1.29, 1.82) is 0 Å². The molecule has 94 valence electrons. The summed E-state index contributed by atoms with van der Waals surface area (Å²) in [7, 11) is 0. The monoisotopic (exact) mass is 302 g/mol. The summed E-state index contributed by atoms with van der Waals surface area (Å²) in [5, 5.41) is 1.03. The van der Waals surface area contributed by atoms with E-state index in [1.165, 1.54) is 35.1 Å². The van der Waals surface area contributed by atoms with Gasteiger partial charge >= 0.3 is 0 Å². The van der Waals surface area contributed by atoms with Crippen LogP contribution in [0, 0.1) is 0 Å². The van der Waals surface area contributed by atoms with Gasteiger partial charge in [-0.1, -0.05) is 77.8 Å². The summed E-state index contributed by atoms with van der Waals surface area (Å²) in [6.45, 7) is 2.22. The summed E-state index contributed by atoms with van der Waals surface area (Å²) in [5.41, 5.74) is 5.42. The molecule has 0 aliphatic rings. The molecule has 0 aromatic heterocycles. The minimum atomic E-state index is 1.03. The quantitative estimate of drug-likeness (QED) is 0.662. The van der Waals surface area contributed by atoms with Crippen LogP contribution in [0.25, 0.3) is 11.1 Å². The van der Waals surface area contributed by atoms with Crippen molar-refractivity contribution in [3.8, 4) is 11.1 Å². The van der Waals surface area contributed by atoms with Crippen molar-refractivity contribution in [3.63, 3.8) is 0 Å². The lowest BCUT2D eigenvalue weighted by molar-refractivity contribution is 0.922. The number of hydrogen-bond acceptors (Lipinski definition) is 0. The molecule has 0 saturated heterocycles. The van der Waals surface area contributed by atoms with Crippen LogP contribution in [0.2, 0.25) is 0 Å². The Bertz CT molecular complexity index is 420. The Kier molecular flexibility index (Phi) is 5.00. The summed E-state index contributed by atoms with van der Waals surface area (Å²) >= 11 is 3.47. The van der Waals surface area contributed by atoms with Crippen molar-refractivity contribution in [2.75, 3.05) is 5.33 Å². The zero-order valence-electron chi connectivity index (χ0n) is 10.8. The Morgan fingerprint density at radius 2 is 1.17 bits per heavy atom. The fourth-order valence-electron chi connectivity index (χ4n) is 2.13. The number of alkyl halides is 1. The van der Waals surface area contributed by atoms with Crippen LogP contribution in [0.3, 0.4) is 0 Å². The first-order chi connectivity index (χ1) is 8.83. The molecule has 0 amide bonds. The lowest BCUT2D eigenvalue weighted by Gasteiger charge is -2.05. The Morgan fingerprint density at radius 3 is 1.56 bits per heavy atom. The van der Waals surface area contributed by atoms with Crippen LogP contribution in [-0.4, -0.2) is 5.33 Å². The normalized spacial score (nSPS) is 10.6. The maximum Gasteiger partial charge on any atom is 0.00718 e. The third-order valence-corrected chi connectivity index (χ3v) is 3.56. The van der Waals surface area contributed by atoms with Gasteiger partial charge in [-0.2, -0.15) is 0 Å². The van der Waals surface area contributed by atoms with E-state index in [2.05, 4.69) is 71.4 Å². The smallest absolute Gasteiger partial charge is 0.00718 e. The van der Waals surface area contributed by atoms with Crippen molar-refractivity contribution in [1.82, 2.24) is 0 Å². The summed E-state index contributed by atoms with van der Waals surface area (Å²) in [5.74, 6) is 0. The van der Waals surface area contributed by atoms with Crippen LogP contribution in [0.15, 0.2) is 48.5 Å². The molecule has 0 bridgehead atoms. The molecule has 0 aliphatic carbocycles. The van der Waals surface area contributed by atoms with Crippen LogP contribution < -0.4 is 0 Å². The van der Waals surface area contributed by atoms with Gasteiger partial charge in [0, 0.05) is 5.33 Å². The Labute approximate surface area is 118 Å². The molecule has 0 atom stereocenters. The van der Waals surface area contributed by atoms with E-state index in [0.29, 0.717) is 0 Å². The van der Waals surface area contributed by atoms with Crippen LogP contribution in [0.4, 0.5) is 0 Å². The molecular formula is C17H19Br. The molecule has 2 rings (SSSR count). The SMILES string of the molecule is CCCc1ccc(-c2ccc(CCBr)cc2)cc1. The molecule has 0 nitrogen and oxygen atoms in total. The van der Waals surface area contributed by atoms with Crippen LogP contribution in [0.5, 0.6) is 0 Å². The topological polar surface area (TPSA) is 0 Å².